The predicted molar refractivity (Wildman–Crippen MR) is 188 cm³/mol. The zero-order valence-electron chi connectivity index (χ0n) is 25.4. The van der Waals surface area contributed by atoms with Crippen LogP contribution in [0.3, 0.4) is 0 Å². The number of thiophene rings is 2. The van der Waals surface area contributed by atoms with E-state index in [1.54, 1.807) is 28.7 Å². The molecule has 3 heterocycles. The number of methoxy groups -OCH3 is 2. The fourth-order valence-corrected chi connectivity index (χ4v) is 6.80. The second-order valence-electron chi connectivity index (χ2n) is 9.75. The lowest BCUT2D eigenvalue weighted by atomic mass is 10.0. The lowest BCUT2D eigenvalue weighted by molar-refractivity contribution is -0.148. The SMILES string of the molecule is COC(=O)C(NCCc1cccs1)c1ccccc1Cl.COC(=O)C(c1ccccc1Cl)N1CCc2sccc2C1.Cl.O=S(=O)(O)O. The van der Waals surface area contributed by atoms with Gasteiger partial charge >= 0.3 is 22.3 Å². The number of halogens is 3. The molecule has 0 bridgehead atoms. The third-order valence-corrected chi connectivity index (χ3v) is 9.43. The largest absolute Gasteiger partial charge is 0.468 e. The maximum atomic E-state index is 12.3. The van der Waals surface area contributed by atoms with Crippen molar-refractivity contribution in [3.8, 4) is 0 Å². The number of carbonyl (C=O) groups is 2. The smallest absolute Gasteiger partial charge is 0.394 e. The van der Waals surface area contributed by atoms with E-state index in [-0.39, 0.29) is 24.3 Å². The van der Waals surface area contributed by atoms with Gasteiger partial charge in [-0.15, -0.1) is 35.1 Å². The van der Waals surface area contributed by atoms with E-state index in [0.717, 1.165) is 37.1 Å². The van der Waals surface area contributed by atoms with Gasteiger partial charge in [0.2, 0.25) is 0 Å². The highest BCUT2D eigenvalue weighted by atomic mass is 35.5. The van der Waals surface area contributed by atoms with Crippen LogP contribution in [0.1, 0.15) is 38.5 Å². The Labute approximate surface area is 298 Å². The summed E-state index contributed by atoms with van der Waals surface area (Å²) in [6.45, 7) is 2.27. The van der Waals surface area contributed by atoms with Gasteiger partial charge in [0.25, 0.3) is 0 Å². The molecule has 10 nitrogen and oxygen atoms in total. The number of hydrogen-bond donors (Lipinski definition) is 3. The molecule has 0 amide bonds. The molecule has 0 aliphatic carbocycles. The van der Waals surface area contributed by atoms with Crippen molar-refractivity contribution >= 4 is 80.6 Å². The topological polar surface area (TPSA) is 142 Å². The van der Waals surface area contributed by atoms with Crippen molar-refractivity contribution in [1.82, 2.24) is 10.2 Å². The normalized spacial score (nSPS) is 13.7. The second-order valence-corrected chi connectivity index (χ2v) is 13.5. The first kappa shape index (κ1) is 40.6. The number of rotatable bonds is 9. The Hall–Kier alpha value is -2.56. The van der Waals surface area contributed by atoms with E-state index in [9.17, 15) is 9.59 Å². The van der Waals surface area contributed by atoms with Crippen LogP contribution in [-0.2, 0) is 48.8 Å². The van der Waals surface area contributed by atoms with Crippen LogP contribution in [0.15, 0.2) is 77.5 Å². The maximum absolute atomic E-state index is 12.3. The maximum Gasteiger partial charge on any atom is 0.394 e. The molecule has 47 heavy (non-hydrogen) atoms. The average Bonchev–Trinajstić information content (AvgIpc) is 3.72. The second kappa shape index (κ2) is 20.1. The number of hydrogen-bond acceptors (Lipinski definition) is 10. The van der Waals surface area contributed by atoms with Crippen LogP contribution in [0.25, 0.3) is 0 Å². The number of fused-ring (bicyclic) bond motifs is 1. The Morgan fingerprint density at radius 2 is 1.49 bits per heavy atom. The molecule has 1 aliphatic rings. The molecule has 2 unspecified atom stereocenters. The van der Waals surface area contributed by atoms with E-state index in [0.29, 0.717) is 16.6 Å². The van der Waals surface area contributed by atoms with Crippen LogP contribution in [0.2, 0.25) is 10.0 Å². The standard InChI is InChI=1S/C16H16ClNO2S.C15H16ClNO2S.ClH.H2O4S/c1-20-16(19)15(12-4-2-3-5-13(12)17)18-8-6-14-11(10-18)7-9-21-14;1-19-15(18)14(12-6-2-3-7-13(12)16)17-9-8-11-5-4-10-20-11;;1-5(2,3)4/h2-5,7,9,15H,6,8,10H2,1H3;2-7,10,14,17H,8-9H2,1H3;1H;(H2,1,2,3,4). The Kier molecular flexibility index (Phi) is 17.3. The molecule has 4 aromatic rings. The van der Waals surface area contributed by atoms with E-state index in [4.69, 9.17) is 50.2 Å². The van der Waals surface area contributed by atoms with Crippen LogP contribution in [0.5, 0.6) is 0 Å². The first-order valence-corrected chi connectivity index (χ1v) is 17.7. The number of esters is 2. The summed E-state index contributed by atoms with van der Waals surface area (Å²) in [6, 6.07) is 20.0. The van der Waals surface area contributed by atoms with Crippen molar-refractivity contribution in [1.29, 1.82) is 0 Å². The van der Waals surface area contributed by atoms with Gasteiger partial charge < -0.3 is 14.8 Å². The molecule has 0 saturated heterocycles. The van der Waals surface area contributed by atoms with E-state index in [1.165, 1.54) is 29.5 Å². The quantitative estimate of drug-likeness (QED) is 0.122. The minimum absolute atomic E-state index is 0. The Bertz CT molecular complexity index is 1660. The number of nitrogens with zero attached hydrogens (tertiary/aromatic N) is 1. The number of carbonyl (C=O) groups excluding carboxylic acids is 2. The Balaban J connectivity index is 0.000000281. The summed E-state index contributed by atoms with van der Waals surface area (Å²) < 4.78 is 41.4. The predicted octanol–water partition coefficient (Wildman–Crippen LogP) is 6.89. The summed E-state index contributed by atoms with van der Waals surface area (Å²) in [5.74, 6) is -0.592. The van der Waals surface area contributed by atoms with Gasteiger partial charge in [-0.1, -0.05) is 65.7 Å². The van der Waals surface area contributed by atoms with Crippen molar-refractivity contribution in [3.63, 3.8) is 0 Å². The fraction of sp³-hybridized carbons (Fsp3) is 0.290. The first-order chi connectivity index (χ1) is 21.9. The summed E-state index contributed by atoms with van der Waals surface area (Å²) >= 11 is 15.9. The highest BCUT2D eigenvalue weighted by Crippen LogP contribution is 2.34. The summed E-state index contributed by atoms with van der Waals surface area (Å²) in [5, 5.41) is 8.53. The average molecular weight is 766 g/mol. The van der Waals surface area contributed by atoms with Crippen LogP contribution in [0, 0.1) is 0 Å². The van der Waals surface area contributed by atoms with Crippen molar-refractivity contribution in [2.75, 3.05) is 27.3 Å². The molecule has 1 aliphatic heterocycles. The highest BCUT2D eigenvalue weighted by Gasteiger charge is 2.32. The molecule has 0 saturated carbocycles. The van der Waals surface area contributed by atoms with Gasteiger partial charge in [0, 0.05) is 39.4 Å². The summed E-state index contributed by atoms with van der Waals surface area (Å²) in [4.78, 5) is 29.0. The molecule has 3 N–H and O–H groups in total. The zero-order valence-corrected chi connectivity index (χ0v) is 30.2. The van der Waals surface area contributed by atoms with Crippen molar-refractivity contribution < 1.29 is 36.6 Å². The molecule has 2 aromatic heterocycles. The van der Waals surface area contributed by atoms with E-state index in [1.807, 2.05) is 53.9 Å². The van der Waals surface area contributed by atoms with Crippen LogP contribution < -0.4 is 5.32 Å². The van der Waals surface area contributed by atoms with Gasteiger partial charge in [-0.2, -0.15) is 8.42 Å². The zero-order chi connectivity index (χ0) is 33.7. The van der Waals surface area contributed by atoms with E-state index < -0.39 is 22.5 Å². The molecular weight excluding hydrogens is 731 g/mol. The Morgan fingerprint density at radius 3 is 2.04 bits per heavy atom. The van der Waals surface area contributed by atoms with Gasteiger partial charge in [-0.25, -0.2) is 9.59 Å². The van der Waals surface area contributed by atoms with Crippen molar-refractivity contribution in [2.24, 2.45) is 0 Å². The lowest BCUT2D eigenvalue weighted by Crippen LogP contribution is -2.38. The summed E-state index contributed by atoms with van der Waals surface area (Å²) in [6.07, 6.45) is 1.83. The van der Waals surface area contributed by atoms with Gasteiger partial charge in [0.15, 0.2) is 0 Å². The third kappa shape index (κ3) is 13.1. The first-order valence-electron chi connectivity index (χ1n) is 13.8. The van der Waals surface area contributed by atoms with Crippen molar-refractivity contribution in [3.05, 3.63) is 114 Å². The number of nitrogens with one attached hydrogen (secondary N) is 1. The van der Waals surface area contributed by atoms with E-state index in [2.05, 4.69) is 27.7 Å². The van der Waals surface area contributed by atoms with E-state index >= 15 is 0 Å². The Morgan fingerprint density at radius 1 is 0.894 bits per heavy atom. The van der Waals surface area contributed by atoms with Crippen LogP contribution in [-0.4, -0.2) is 61.7 Å². The molecule has 5 rings (SSSR count). The lowest BCUT2D eigenvalue weighted by Gasteiger charge is -2.33. The number of ether oxygens (including phenoxy) is 2. The molecule has 0 radical (unpaired) electrons. The molecule has 0 spiro atoms. The monoisotopic (exact) mass is 764 g/mol. The minimum Gasteiger partial charge on any atom is -0.468 e. The molecule has 256 valence electrons. The molecule has 2 atom stereocenters. The molecule has 16 heteroatoms. The highest BCUT2D eigenvalue weighted by molar-refractivity contribution is 7.79. The van der Waals surface area contributed by atoms with Crippen LogP contribution >= 0.6 is 58.3 Å². The minimum atomic E-state index is -4.67. The van der Waals surface area contributed by atoms with Gasteiger partial charge in [0.05, 0.1) is 14.2 Å². The van der Waals surface area contributed by atoms with Crippen molar-refractivity contribution in [2.45, 2.75) is 31.5 Å². The molecule has 2 aromatic carbocycles. The number of benzene rings is 2. The summed E-state index contributed by atoms with van der Waals surface area (Å²) in [7, 11) is -1.86. The van der Waals surface area contributed by atoms with Crippen LogP contribution in [0.4, 0.5) is 0 Å². The summed E-state index contributed by atoms with van der Waals surface area (Å²) in [5.41, 5.74) is 2.85. The van der Waals surface area contributed by atoms with Gasteiger partial charge in [-0.05, 0) is 64.6 Å². The fourth-order valence-electron chi connectivity index (χ4n) is 4.71. The van der Waals surface area contributed by atoms with Gasteiger partial charge in [-0.3, -0.25) is 14.0 Å². The molecule has 0 fully saturated rings. The molecular formula is C31H35Cl3N2O8S3. The van der Waals surface area contributed by atoms with Gasteiger partial charge in [0.1, 0.15) is 12.1 Å². The third-order valence-electron chi connectivity index (χ3n) is 6.78.